The van der Waals surface area contributed by atoms with E-state index in [0.29, 0.717) is 0 Å². The molecule has 1 aromatic rings. The van der Waals surface area contributed by atoms with Crippen molar-refractivity contribution in [2.24, 2.45) is 0 Å². The van der Waals surface area contributed by atoms with E-state index in [9.17, 15) is 0 Å². The molecule has 0 aliphatic heterocycles. The lowest BCUT2D eigenvalue weighted by Crippen LogP contribution is -2.30. The normalized spacial score (nSPS) is 10.1. The number of hydrogen-bond acceptors (Lipinski definition) is 3. The maximum absolute atomic E-state index is 4.86. The lowest BCUT2D eigenvalue weighted by atomic mass is 10.2. The molecule has 0 heterocycles. The van der Waals surface area contributed by atoms with Crippen LogP contribution in [0.4, 0.5) is 0 Å². The molecule has 0 aliphatic carbocycles. The Morgan fingerprint density at radius 1 is 1.00 bits per heavy atom. The molecule has 1 rings (SSSR count). The molecule has 3 heteroatoms. The van der Waals surface area contributed by atoms with E-state index < -0.39 is 0 Å². The lowest BCUT2D eigenvalue weighted by Gasteiger charge is -2.19. The minimum absolute atomic E-state index is 0.213. The predicted molar refractivity (Wildman–Crippen MR) is 62.7 cm³/mol. The van der Waals surface area contributed by atoms with Crippen LogP contribution in [0, 0.1) is 6.92 Å². The zero-order valence-electron chi connectivity index (χ0n) is 10.2. The van der Waals surface area contributed by atoms with Gasteiger partial charge in [-0.25, -0.2) is 0 Å². The molecule has 3 nitrogen and oxygen atoms in total. The quantitative estimate of drug-likeness (QED) is 0.715. The standard InChI is InChI=1S/C7H8.C5H13NO2/c1-7-5-3-2-4-6-7;1-6(2)5(7-3)8-4/h2-6H,1H3;5H,1-4H3. The second-order valence-corrected chi connectivity index (χ2v) is 3.40. The van der Waals surface area contributed by atoms with Gasteiger partial charge in [-0.1, -0.05) is 35.9 Å². The summed E-state index contributed by atoms with van der Waals surface area (Å²) in [4.78, 5) is 1.83. The van der Waals surface area contributed by atoms with Crippen molar-refractivity contribution in [3.8, 4) is 0 Å². The van der Waals surface area contributed by atoms with Gasteiger partial charge in [-0.2, -0.15) is 0 Å². The fourth-order valence-electron chi connectivity index (χ4n) is 1.05. The summed E-state index contributed by atoms with van der Waals surface area (Å²) in [6.07, 6.45) is -0.213. The number of nitrogens with zero attached hydrogens (tertiary/aromatic N) is 1. The smallest absolute Gasteiger partial charge is 0.217 e. The minimum Gasteiger partial charge on any atom is -0.343 e. The molecular weight excluding hydrogens is 190 g/mol. The highest BCUT2D eigenvalue weighted by Gasteiger charge is 2.04. The molecule has 0 unspecified atom stereocenters. The van der Waals surface area contributed by atoms with Gasteiger partial charge in [0.15, 0.2) is 0 Å². The number of hydrogen-bond donors (Lipinski definition) is 0. The van der Waals surface area contributed by atoms with Crippen molar-refractivity contribution in [3.63, 3.8) is 0 Å². The van der Waals surface area contributed by atoms with Gasteiger partial charge in [0.1, 0.15) is 0 Å². The summed E-state index contributed by atoms with van der Waals surface area (Å²) in [5, 5.41) is 0. The van der Waals surface area contributed by atoms with E-state index in [4.69, 9.17) is 9.47 Å². The van der Waals surface area contributed by atoms with Crippen LogP contribution in [0.2, 0.25) is 0 Å². The summed E-state index contributed by atoms with van der Waals surface area (Å²) < 4.78 is 9.73. The molecule has 15 heavy (non-hydrogen) atoms. The average Bonchev–Trinajstić information content (AvgIpc) is 2.21. The maximum Gasteiger partial charge on any atom is 0.217 e. The van der Waals surface area contributed by atoms with E-state index in [0.717, 1.165) is 0 Å². The van der Waals surface area contributed by atoms with Gasteiger partial charge < -0.3 is 9.47 Å². The number of methoxy groups -OCH3 is 2. The summed E-state index contributed by atoms with van der Waals surface area (Å²) in [5.41, 5.74) is 1.32. The van der Waals surface area contributed by atoms with Gasteiger partial charge in [0.05, 0.1) is 0 Å². The maximum atomic E-state index is 4.86. The Balaban J connectivity index is 0.000000262. The highest BCUT2D eigenvalue weighted by molar-refractivity contribution is 5.11. The van der Waals surface area contributed by atoms with Gasteiger partial charge >= 0.3 is 0 Å². The Kier molecular flexibility index (Phi) is 7.91. The van der Waals surface area contributed by atoms with E-state index in [2.05, 4.69) is 19.1 Å². The van der Waals surface area contributed by atoms with Crippen molar-refractivity contribution < 1.29 is 9.47 Å². The Bertz CT molecular complexity index is 233. The van der Waals surface area contributed by atoms with Gasteiger partial charge in [0, 0.05) is 14.2 Å². The molecule has 0 aliphatic rings. The molecule has 0 N–H and O–H groups in total. The van der Waals surface area contributed by atoms with Crippen LogP contribution in [0.15, 0.2) is 30.3 Å². The van der Waals surface area contributed by atoms with Crippen LogP contribution in [0.3, 0.4) is 0 Å². The third kappa shape index (κ3) is 7.08. The van der Waals surface area contributed by atoms with Crippen LogP contribution in [0.25, 0.3) is 0 Å². The predicted octanol–water partition coefficient (Wildman–Crippen LogP) is 2.12. The van der Waals surface area contributed by atoms with Gasteiger partial charge in [-0.05, 0) is 21.0 Å². The van der Waals surface area contributed by atoms with Crippen molar-refractivity contribution in [1.29, 1.82) is 0 Å². The first-order valence-corrected chi connectivity index (χ1v) is 4.85. The van der Waals surface area contributed by atoms with Crippen LogP contribution >= 0.6 is 0 Å². The van der Waals surface area contributed by atoms with Gasteiger partial charge in [0.25, 0.3) is 0 Å². The highest BCUT2D eigenvalue weighted by atomic mass is 16.7. The van der Waals surface area contributed by atoms with E-state index in [1.807, 2.05) is 37.2 Å². The second-order valence-electron chi connectivity index (χ2n) is 3.40. The summed E-state index contributed by atoms with van der Waals surface area (Å²) >= 11 is 0. The lowest BCUT2D eigenvalue weighted by molar-refractivity contribution is -0.179. The Labute approximate surface area is 92.6 Å². The summed E-state index contributed by atoms with van der Waals surface area (Å²) in [7, 11) is 6.98. The van der Waals surface area contributed by atoms with Crippen molar-refractivity contribution in [1.82, 2.24) is 4.90 Å². The number of rotatable bonds is 3. The van der Waals surface area contributed by atoms with Crippen molar-refractivity contribution >= 4 is 0 Å². The fourth-order valence-corrected chi connectivity index (χ4v) is 1.05. The van der Waals surface area contributed by atoms with Crippen molar-refractivity contribution in [3.05, 3.63) is 35.9 Å². The summed E-state index contributed by atoms with van der Waals surface area (Å²) in [6, 6.07) is 10.3. The topological polar surface area (TPSA) is 21.7 Å². The Morgan fingerprint density at radius 2 is 1.47 bits per heavy atom. The number of ether oxygens (including phenoxy) is 2. The van der Waals surface area contributed by atoms with E-state index >= 15 is 0 Å². The first kappa shape index (κ1) is 14.1. The molecule has 1 aromatic carbocycles. The molecule has 0 fully saturated rings. The SMILES string of the molecule is COC(OC)N(C)C.Cc1ccccc1. The van der Waals surface area contributed by atoms with Crippen LogP contribution in [0.5, 0.6) is 0 Å². The average molecular weight is 211 g/mol. The first-order chi connectivity index (χ1) is 7.11. The van der Waals surface area contributed by atoms with Gasteiger partial charge in [-0.3, -0.25) is 4.90 Å². The van der Waals surface area contributed by atoms with Crippen LogP contribution < -0.4 is 0 Å². The van der Waals surface area contributed by atoms with Crippen LogP contribution in [-0.4, -0.2) is 39.6 Å². The van der Waals surface area contributed by atoms with E-state index in [1.165, 1.54) is 5.56 Å². The molecule has 0 atom stereocenters. The zero-order valence-corrected chi connectivity index (χ0v) is 10.2. The minimum atomic E-state index is -0.213. The third-order valence-corrected chi connectivity index (χ3v) is 1.77. The largest absolute Gasteiger partial charge is 0.343 e. The highest BCUT2D eigenvalue weighted by Crippen LogP contribution is 1.92. The molecule has 0 radical (unpaired) electrons. The summed E-state index contributed by atoms with van der Waals surface area (Å²) in [6.45, 7) is 2.08. The molecule has 0 saturated carbocycles. The summed E-state index contributed by atoms with van der Waals surface area (Å²) in [5.74, 6) is 0. The molecule has 0 amide bonds. The molecule has 0 bridgehead atoms. The molecular formula is C12H21NO2. The number of benzene rings is 1. The zero-order chi connectivity index (χ0) is 11.7. The Morgan fingerprint density at radius 3 is 1.60 bits per heavy atom. The molecule has 0 spiro atoms. The molecule has 86 valence electrons. The van der Waals surface area contributed by atoms with Gasteiger partial charge in [-0.15, -0.1) is 0 Å². The first-order valence-electron chi connectivity index (χ1n) is 4.85. The van der Waals surface area contributed by atoms with Crippen molar-refractivity contribution in [2.75, 3.05) is 28.3 Å². The van der Waals surface area contributed by atoms with Crippen LogP contribution in [-0.2, 0) is 9.47 Å². The number of aryl methyl sites for hydroxylation is 1. The van der Waals surface area contributed by atoms with E-state index in [1.54, 1.807) is 14.2 Å². The van der Waals surface area contributed by atoms with E-state index in [-0.39, 0.29) is 6.41 Å². The van der Waals surface area contributed by atoms with Crippen LogP contribution in [0.1, 0.15) is 5.56 Å². The Hall–Kier alpha value is -0.900. The second kappa shape index (κ2) is 8.41. The van der Waals surface area contributed by atoms with Crippen molar-refractivity contribution in [2.45, 2.75) is 13.3 Å². The fraction of sp³-hybridized carbons (Fsp3) is 0.500. The third-order valence-electron chi connectivity index (χ3n) is 1.77. The monoisotopic (exact) mass is 211 g/mol. The molecule has 0 aromatic heterocycles. The molecule has 0 saturated heterocycles. The van der Waals surface area contributed by atoms with Gasteiger partial charge in [0.2, 0.25) is 6.41 Å².